The SMILES string of the molecule is Cc1ccc(C2=[N+]3C(=C(C(F)(F)F)c4ccc(-c5ccc(C)cc5)n4[B-]3(F)F)C=C2)cc1. The standard InChI is InChI=1S/C24H18BF5N2/c1-15-3-7-17(8-4-15)19-11-13-21-23(24(26,27)28)22-14-12-20(18-9-5-16(2)6-10-18)32(22)25(29,30)31(19)21/h3-14H,1-2H3. The number of rotatable bonds is 2. The zero-order chi connectivity index (χ0) is 22.8. The fourth-order valence-corrected chi connectivity index (χ4v) is 4.43. The molecule has 0 aliphatic carbocycles. The maximum atomic E-state index is 16.1. The van der Waals surface area contributed by atoms with Crippen LogP contribution in [0, 0.1) is 13.8 Å². The van der Waals surface area contributed by atoms with E-state index in [0.717, 1.165) is 23.3 Å². The van der Waals surface area contributed by atoms with Gasteiger partial charge >= 0.3 is 13.1 Å². The molecule has 162 valence electrons. The molecule has 2 aliphatic rings. The first kappa shape index (κ1) is 20.5. The molecule has 0 saturated carbocycles. The average molecular weight is 440 g/mol. The molecule has 2 aliphatic heterocycles. The summed E-state index contributed by atoms with van der Waals surface area (Å²) in [7, 11) is 0. The van der Waals surface area contributed by atoms with Crippen molar-refractivity contribution in [1.29, 1.82) is 0 Å². The maximum Gasteiger partial charge on any atom is 0.737 e. The Kier molecular flexibility index (Phi) is 4.35. The van der Waals surface area contributed by atoms with Crippen molar-refractivity contribution in [1.82, 2.24) is 4.48 Å². The highest BCUT2D eigenvalue weighted by Gasteiger charge is 2.58. The molecule has 32 heavy (non-hydrogen) atoms. The van der Waals surface area contributed by atoms with Crippen molar-refractivity contribution in [2.75, 3.05) is 0 Å². The lowest BCUT2D eigenvalue weighted by Crippen LogP contribution is -2.52. The van der Waals surface area contributed by atoms with Crippen LogP contribution in [0.1, 0.15) is 22.4 Å². The highest BCUT2D eigenvalue weighted by molar-refractivity contribution is 6.59. The highest BCUT2D eigenvalue weighted by Crippen LogP contribution is 2.46. The lowest BCUT2D eigenvalue weighted by atomic mass is 9.86. The Morgan fingerprint density at radius 1 is 0.719 bits per heavy atom. The average Bonchev–Trinajstić information content (AvgIpc) is 3.35. The Balaban J connectivity index is 1.83. The fraction of sp³-hybridized carbons (Fsp3) is 0.125. The summed E-state index contributed by atoms with van der Waals surface area (Å²) >= 11 is 0. The van der Waals surface area contributed by atoms with Crippen LogP contribution in [-0.4, -0.2) is 27.8 Å². The zero-order valence-electron chi connectivity index (χ0n) is 17.3. The molecule has 0 fully saturated rings. The van der Waals surface area contributed by atoms with E-state index < -0.39 is 30.1 Å². The van der Waals surface area contributed by atoms with Crippen LogP contribution < -0.4 is 0 Å². The first-order valence-corrected chi connectivity index (χ1v) is 10.1. The van der Waals surface area contributed by atoms with E-state index in [-0.39, 0.29) is 11.4 Å². The molecule has 0 radical (unpaired) electrons. The third-order valence-electron chi connectivity index (χ3n) is 5.95. The van der Waals surface area contributed by atoms with Crippen LogP contribution in [0.15, 0.2) is 78.5 Å². The largest absolute Gasteiger partial charge is 0.737 e. The van der Waals surface area contributed by atoms with Crippen molar-refractivity contribution < 1.29 is 26.3 Å². The summed E-state index contributed by atoms with van der Waals surface area (Å²) in [5.74, 6) is 0. The molecule has 2 aromatic carbocycles. The number of alkyl halides is 3. The lowest BCUT2D eigenvalue weighted by molar-refractivity contribution is -0.362. The van der Waals surface area contributed by atoms with E-state index in [9.17, 15) is 13.2 Å². The molecule has 8 heteroatoms. The molecule has 3 aromatic rings. The third-order valence-corrected chi connectivity index (χ3v) is 5.95. The minimum absolute atomic E-state index is 0.0426. The van der Waals surface area contributed by atoms with E-state index in [1.807, 2.05) is 13.8 Å². The number of hydrogen-bond acceptors (Lipinski definition) is 0. The summed E-state index contributed by atoms with van der Waals surface area (Å²) in [5, 5.41) is 0. The van der Waals surface area contributed by atoms with Crippen LogP contribution >= 0.6 is 0 Å². The van der Waals surface area contributed by atoms with E-state index >= 15 is 8.63 Å². The van der Waals surface area contributed by atoms with Gasteiger partial charge in [0.2, 0.25) is 0 Å². The molecule has 0 atom stereocenters. The molecule has 0 N–H and O–H groups in total. The minimum atomic E-state index is -4.81. The molecule has 0 saturated heterocycles. The van der Waals surface area contributed by atoms with Gasteiger partial charge in [-0.05, 0) is 43.7 Å². The van der Waals surface area contributed by atoms with E-state index in [0.29, 0.717) is 20.1 Å². The molecule has 0 unspecified atom stereocenters. The van der Waals surface area contributed by atoms with Crippen LogP contribution in [0.4, 0.5) is 21.8 Å². The normalized spacial score (nSPS) is 17.1. The molecular formula is C24H18BF5N2. The number of halogens is 5. The summed E-state index contributed by atoms with van der Waals surface area (Å²) < 4.78 is 75.8. The van der Waals surface area contributed by atoms with Gasteiger partial charge in [0.05, 0.1) is 0 Å². The van der Waals surface area contributed by atoms with E-state index in [1.54, 1.807) is 48.5 Å². The van der Waals surface area contributed by atoms with Crippen LogP contribution in [0.25, 0.3) is 16.8 Å². The number of fused-ring (bicyclic) bond motifs is 2. The molecular weight excluding hydrogens is 422 g/mol. The van der Waals surface area contributed by atoms with Crippen LogP contribution in [0.3, 0.4) is 0 Å². The third kappa shape index (κ3) is 2.97. The van der Waals surface area contributed by atoms with E-state index in [1.165, 1.54) is 12.1 Å². The number of allylic oxidation sites excluding steroid dienone is 3. The second-order valence-corrected chi connectivity index (χ2v) is 8.14. The second-order valence-electron chi connectivity index (χ2n) is 8.14. The predicted octanol–water partition coefficient (Wildman–Crippen LogP) is 6.35. The Morgan fingerprint density at radius 2 is 1.25 bits per heavy atom. The van der Waals surface area contributed by atoms with Crippen molar-refractivity contribution in [2.45, 2.75) is 20.0 Å². The molecule has 2 nitrogen and oxygen atoms in total. The Labute approximate surface area is 181 Å². The zero-order valence-corrected chi connectivity index (χ0v) is 17.3. The van der Waals surface area contributed by atoms with Crippen LogP contribution in [-0.2, 0) is 0 Å². The van der Waals surface area contributed by atoms with Crippen molar-refractivity contribution in [3.63, 3.8) is 0 Å². The second kappa shape index (κ2) is 6.79. The monoisotopic (exact) mass is 440 g/mol. The summed E-state index contributed by atoms with van der Waals surface area (Å²) in [6.07, 6.45) is -2.34. The minimum Gasteiger partial charge on any atom is -0.389 e. The highest BCUT2D eigenvalue weighted by atomic mass is 19.4. The quantitative estimate of drug-likeness (QED) is 0.324. The van der Waals surface area contributed by atoms with Gasteiger partial charge in [-0.1, -0.05) is 47.5 Å². The number of nitrogens with zero attached hydrogens (tertiary/aromatic N) is 2. The Bertz CT molecular complexity index is 1320. The molecule has 3 heterocycles. The van der Waals surface area contributed by atoms with Crippen molar-refractivity contribution >= 4 is 18.3 Å². The van der Waals surface area contributed by atoms with Crippen LogP contribution in [0.2, 0.25) is 0 Å². The fourth-order valence-electron chi connectivity index (χ4n) is 4.43. The maximum absolute atomic E-state index is 16.1. The Morgan fingerprint density at radius 3 is 1.81 bits per heavy atom. The van der Waals surface area contributed by atoms with Gasteiger partial charge in [-0.2, -0.15) is 13.2 Å². The van der Waals surface area contributed by atoms with E-state index in [2.05, 4.69) is 0 Å². The lowest BCUT2D eigenvalue weighted by Gasteiger charge is -2.34. The van der Waals surface area contributed by atoms with E-state index in [4.69, 9.17) is 0 Å². The van der Waals surface area contributed by atoms with Gasteiger partial charge in [-0.25, -0.2) is 0 Å². The van der Waals surface area contributed by atoms with Crippen LogP contribution in [0.5, 0.6) is 0 Å². The van der Waals surface area contributed by atoms with Crippen molar-refractivity contribution in [3.05, 3.63) is 101 Å². The first-order chi connectivity index (χ1) is 15.1. The van der Waals surface area contributed by atoms with Crippen molar-refractivity contribution in [2.24, 2.45) is 0 Å². The summed E-state index contributed by atoms with van der Waals surface area (Å²) in [4.78, 5) is 0. The van der Waals surface area contributed by atoms with Gasteiger partial charge in [0.25, 0.3) is 0 Å². The van der Waals surface area contributed by atoms with Gasteiger partial charge in [0, 0.05) is 29.1 Å². The van der Waals surface area contributed by atoms with Gasteiger partial charge in [0.1, 0.15) is 5.57 Å². The van der Waals surface area contributed by atoms with Crippen molar-refractivity contribution in [3.8, 4) is 11.3 Å². The molecule has 0 bridgehead atoms. The van der Waals surface area contributed by atoms with Gasteiger partial charge in [-0.3, -0.25) is 0 Å². The summed E-state index contributed by atoms with van der Waals surface area (Å²) in [6.45, 7) is -0.889. The Hall–Kier alpha value is -3.42. The number of aromatic nitrogens is 1. The number of benzene rings is 2. The van der Waals surface area contributed by atoms with Gasteiger partial charge in [-0.15, -0.1) is 0 Å². The van der Waals surface area contributed by atoms with Gasteiger partial charge in [0.15, 0.2) is 11.4 Å². The number of hydrogen-bond donors (Lipinski definition) is 0. The van der Waals surface area contributed by atoms with Gasteiger partial charge < -0.3 is 17.6 Å². The molecule has 0 amide bonds. The molecule has 5 rings (SSSR count). The summed E-state index contributed by atoms with van der Waals surface area (Å²) in [5.41, 5.74) is 0.665. The molecule has 0 spiro atoms. The predicted molar refractivity (Wildman–Crippen MR) is 116 cm³/mol. The molecule has 1 aromatic heterocycles. The smallest absolute Gasteiger partial charge is 0.389 e. The first-order valence-electron chi connectivity index (χ1n) is 10.1. The topological polar surface area (TPSA) is 7.94 Å². The summed E-state index contributed by atoms with van der Waals surface area (Å²) in [6, 6.07) is 16.0. The number of aryl methyl sites for hydroxylation is 2.